The third kappa shape index (κ3) is 4.97. The molecule has 0 radical (unpaired) electrons. The molecule has 2 N–H and O–H groups in total. The number of nitrogens with one attached hydrogen (secondary N) is 2. The molecule has 0 saturated carbocycles. The lowest BCUT2D eigenvalue weighted by molar-refractivity contribution is 0.0946. The number of methoxy groups -OCH3 is 2. The van der Waals surface area contributed by atoms with Crippen LogP contribution in [0.25, 0.3) is 0 Å². The highest BCUT2D eigenvalue weighted by molar-refractivity contribution is 5.92. The van der Waals surface area contributed by atoms with E-state index < -0.39 is 0 Å². The number of pyridine rings is 2. The van der Waals surface area contributed by atoms with Gasteiger partial charge in [-0.05, 0) is 47.5 Å². The zero-order valence-electron chi connectivity index (χ0n) is 15.8. The summed E-state index contributed by atoms with van der Waals surface area (Å²) in [5.74, 6) is 1.03. The summed E-state index contributed by atoms with van der Waals surface area (Å²) in [6.45, 7) is 1.03. The third-order valence-corrected chi connectivity index (χ3v) is 4.14. The molecule has 144 valence electrons. The van der Waals surface area contributed by atoms with Gasteiger partial charge in [-0.15, -0.1) is 0 Å². The first-order valence-electron chi connectivity index (χ1n) is 8.77. The summed E-state index contributed by atoms with van der Waals surface area (Å²) in [6, 6.07) is 12.9. The van der Waals surface area contributed by atoms with Crippen LogP contribution in [0.5, 0.6) is 11.5 Å². The van der Waals surface area contributed by atoms with Gasteiger partial charge in [0, 0.05) is 25.5 Å². The highest BCUT2D eigenvalue weighted by Crippen LogP contribution is 2.27. The van der Waals surface area contributed by atoms with Crippen molar-refractivity contribution in [2.45, 2.75) is 13.1 Å². The van der Waals surface area contributed by atoms with Crippen LogP contribution in [0, 0.1) is 0 Å². The molecule has 0 aliphatic heterocycles. The second-order valence-corrected chi connectivity index (χ2v) is 6.01. The predicted octanol–water partition coefficient (Wildman–Crippen LogP) is 3.04. The molecule has 28 heavy (non-hydrogen) atoms. The van der Waals surface area contributed by atoms with Gasteiger partial charge >= 0.3 is 0 Å². The first-order valence-corrected chi connectivity index (χ1v) is 8.77. The van der Waals surface area contributed by atoms with Crippen LogP contribution in [0.15, 0.2) is 61.1 Å². The smallest absolute Gasteiger partial charge is 0.270 e. The second kappa shape index (κ2) is 9.36. The van der Waals surface area contributed by atoms with E-state index in [-0.39, 0.29) is 5.91 Å². The van der Waals surface area contributed by atoms with Crippen LogP contribution in [0.3, 0.4) is 0 Å². The molecule has 1 amide bonds. The normalized spacial score (nSPS) is 10.2. The molecule has 7 heteroatoms. The first-order chi connectivity index (χ1) is 13.7. The number of hydrogen-bond acceptors (Lipinski definition) is 6. The van der Waals surface area contributed by atoms with Gasteiger partial charge in [-0.1, -0.05) is 6.07 Å². The highest BCUT2D eigenvalue weighted by atomic mass is 16.5. The summed E-state index contributed by atoms with van der Waals surface area (Å²) in [6.07, 6.45) is 5.15. The van der Waals surface area contributed by atoms with Crippen molar-refractivity contribution in [1.82, 2.24) is 15.3 Å². The van der Waals surface area contributed by atoms with E-state index in [1.165, 1.54) is 0 Å². The van der Waals surface area contributed by atoms with E-state index >= 15 is 0 Å². The summed E-state index contributed by atoms with van der Waals surface area (Å²) in [4.78, 5) is 20.6. The van der Waals surface area contributed by atoms with Crippen molar-refractivity contribution in [1.29, 1.82) is 0 Å². The monoisotopic (exact) mass is 378 g/mol. The summed E-state index contributed by atoms with van der Waals surface area (Å²) < 4.78 is 10.5. The standard InChI is InChI=1S/C21H22N4O3/c1-27-19-6-3-16(11-20(19)28-2)13-25-21(26)18-5-4-17(14-24-18)23-12-15-7-9-22-10-8-15/h3-11,14,23H,12-13H2,1-2H3,(H,25,26). The molecular formula is C21H22N4O3. The average Bonchev–Trinajstić information content (AvgIpc) is 2.76. The molecule has 0 spiro atoms. The summed E-state index contributed by atoms with van der Waals surface area (Å²) >= 11 is 0. The lowest BCUT2D eigenvalue weighted by atomic mass is 10.2. The van der Waals surface area contributed by atoms with Crippen LogP contribution in [0.4, 0.5) is 5.69 Å². The van der Waals surface area contributed by atoms with Gasteiger partial charge in [0.15, 0.2) is 11.5 Å². The molecule has 2 heterocycles. The Hall–Kier alpha value is -3.61. The SMILES string of the molecule is COc1ccc(CNC(=O)c2ccc(NCc3ccncc3)cn2)cc1OC. The fourth-order valence-electron chi connectivity index (χ4n) is 2.60. The van der Waals surface area contributed by atoms with Crippen molar-refractivity contribution in [3.05, 3.63) is 77.9 Å². The lowest BCUT2D eigenvalue weighted by Gasteiger charge is -2.10. The molecule has 0 saturated heterocycles. The van der Waals surface area contributed by atoms with Gasteiger partial charge in [0.25, 0.3) is 5.91 Å². The Labute approximate surface area is 163 Å². The molecule has 0 aliphatic carbocycles. The third-order valence-electron chi connectivity index (χ3n) is 4.14. The molecule has 0 unspecified atom stereocenters. The minimum atomic E-state index is -0.240. The number of amides is 1. The molecule has 1 aromatic carbocycles. The Morgan fingerprint density at radius 2 is 1.71 bits per heavy atom. The Morgan fingerprint density at radius 1 is 0.929 bits per heavy atom. The number of rotatable bonds is 8. The molecule has 0 bridgehead atoms. The van der Waals surface area contributed by atoms with Gasteiger partial charge in [-0.3, -0.25) is 9.78 Å². The van der Waals surface area contributed by atoms with E-state index in [1.807, 2.05) is 36.4 Å². The summed E-state index contributed by atoms with van der Waals surface area (Å²) in [7, 11) is 3.16. The average molecular weight is 378 g/mol. The van der Waals surface area contributed by atoms with Crippen molar-refractivity contribution in [2.24, 2.45) is 0 Å². The van der Waals surface area contributed by atoms with Gasteiger partial charge < -0.3 is 20.1 Å². The van der Waals surface area contributed by atoms with E-state index in [0.29, 0.717) is 30.3 Å². The van der Waals surface area contributed by atoms with Crippen molar-refractivity contribution < 1.29 is 14.3 Å². The van der Waals surface area contributed by atoms with Crippen molar-refractivity contribution >= 4 is 11.6 Å². The maximum Gasteiger partial charge on any atom is 0.270 e. The van der Waals surface area contributed by atoms with E-state index in [1.54, 1.807) is 38.9 Å². The number of ether oxygens (including phenoxy) is 2. The van der Waals surface area contributed by atoms with Crippen LogP contribution in [0.2, 0.25) is 0 Å². The van der Waals surface area contributed by atoms with Crippen molar-refractivity contribution in [2.75, 3.05) is 19.5 Å². The zero-order chi connectivity index (χ0) is 19.8. The van der Waals surface area contributed by atoms with Gasteiger partial charge in [0.05, 0.1) is 26.1 Å². The number of benzene rings is 1. The molecule has 3 rings (SSSR count). The lowest BCUT2D eigenvalue weighted by Crippen LogP contribution is -2.23. The topological polar surface area (TPSA) is 85.4 Å². The van der Waals surface area contributed by atoms with Crippen molar-refractivity contribution in [3.8, 4) is 11.5 Å². The number of aromatic nitrogens is 2. The number of nitrogens with zero attached hydrogens (tertiary/aromatic N) is 2. The fourth-order valence-corrected chi connectivity index (χ4v) is 2.60. The maximum absolute atomic E-state index is 12.3. The van der Waals surface area contributed by atoms with Crippen LogP contribution in [-0.2, 0) is 13.1 Å². The zero-order valence-corrected chi connectivity index (χ0v) is 15.8. The Morgan fingerprint density at radius 3 is 2.39 bits per heavy atom. The Balaban J connectivity index is 1.54. The molecule has 7 nitrogen and oxygen atoms in total. The number of anilines is 1. The minimum absolute atomic E-state index is 0.240. The van der Waals surface area contributed by atoms with E-state index in [9.17, 15) is 4.79 Å². The molecule has 0 aliphatic rings. The van der Waals surface area contributed by atoms with Gasteiger partial charge in [-0.2, -0.15) is 0 Å². The second-order valence-electron chi connectivity index (χ2n) is 6.01. The van der Waals surface area contributed by atoms with Crippen LogP contribution >= 0.6 is 0 Å². The largest absolute Gasteiger partial charge is 0.493 e. The van der Waals surface area contributed by atoms with Crippen LogP contribution in [0.1, 0.15) is 21.6 Å². The van der Waals surface area contributed by atoms with Crippen LogP contribution < -0.4 is 20.1 Å². The van der Waals surface area contributed by atoms with Crippen molar-refractivity contribution in [3.63, 3.8) is 0 Å². The summed E-state index contributed by atoms with van der Waals surface area (Å²) in [5, 5.41) is 6.12. The van der Waals surface area contributed by atoms with Gasteiger partial charge in [-0.25, -0.2) is 4.98 Å². The van der Waals surface area contributed by atoms with Crippen LogP contribution in [-0.4, -0.2) is 30.1 Å². The molecule has 2 aromatic heterocycles. The number of carbonyl (C=O) groups is 1. The minimum Gasteiger partial charge on any atom is -0.493 e. The van der Waals surface area contributed by atoms with Gasteiger partial charge in [0.2, 0.25) is 0 Å². The Kier molecular flexibility index (Phi) is 6.41. The Bertz CT molecular complexity index is 915. The molecule has 0 atom stereocenters. The number of carbonyl (C=O) groups excluding carboxylic acids is 1. The first kappa shape index (κ1) is 19.2. The highest BCUT2D eigenvalue weighted by Gasteiger charge is 2.09. The van der Waals surface area contributed by atoms with E-state index in [0.717, 1.165) is 16.8 Å². The quantitative estimate of drug-likeness (QED) is 0.627. The van der Waals surface area contributed by atoms with E-state index in [2.05, 4.69) is 20.6 Å². The van der Waals surface area contributed by atoms with Gasteiger partial charge in [0.1, 0.15) is 5.69 Å². The maximum atomic E-state index is 12.3. The fraction of sp³-hybridized carbons (Fsp3) is 0.190. The predicted molar refractivity (Wildman–Crippen MR) is 107 cm³/mol. The summed E-state index contributed by atoms with van der Waals surface area (Å²) in [5.41, 5.74) is 3.22. The van der Waals surface area contributed by atoms with E-state index in [4.69, 9.17) is 9.47 Å². The molecule has 0 fully saturated rings. The molecule has 3 aromatic rings. The molecular weight excluding hydrogens is 356 g/mol. The number of hydrogen-bond donors (Lipinski definition) is 2.